The van der Waals surface area contributed by atoms with Gasteiger partial charge in [0.25, 0.3) is 0 Å². The van der Waals surface area contributed by atoms with E-state index < -0.39 is 17.6 Å². The molecule has 1 heterocycles. The van der Waals surface area contributed by atoms with E-state index in [1.807, 2.05) is 13.8 Å². The van der Waals surface area contributed by atoms with Crippen LogP contribution in [0.5, 0.6) is 0 Å². The van der Waals surface area contributed by atoms with Crippen LogP contribution in [0.2, 0.25) is 0 Å². The molecule has 6 heteroatoms. The Balaban J connectivity index is 2.58. The van der Waals surface area contributed by atoms with E-state index in [1.165, 1.54) is 27.0 Å². The Kier molecular flexibility index (Phi) is 5.75. The Morgan fingerprint density at radius 1 is 1.19 bits per heavy atom. The van der Waals surface area contributed by atoms with Gasteiger partial charge in [0, 0.05) is 34.5 Å². The number of nitrogens with zero attached hydrogens (tertiary/aromatic N) is 1. The number of nitrogens with one attached hydrogen (secondary N) is 1. The number of anilines is 1. The summed E-state index contributed by atoms with van der Waals surface area (Å²) in [5, 5.41) is 12.1. The summed E-state index contributed by atoms with van der Waals surface area (Å²) in [6, 6.07) is 3.60. The Morgan fingerprint density at radius 2 is 1.85 bits per heavy atom. The van der Waals surface area contributed by atoms with Crippen LogP contribution >= 0.6 is 0 Å². The number of hydrogen-bond acceptors (Lipinski definition) is 3. The number of aromatic nitrogens is 1. The Bertz CT molecular complexity index is 843. The summed E-state index contributed by atoms with van der Waals surface area (Å²) >= 11 is 0. The van der Waals surface area contributed by atoms with Crippen molar-refractivity contribution in [3.05, 3.63) is 52.2 Å². The van der Waals surface area contributed by atoms with Gasteiger partial charge in [-0.25, -0.2) is 18.6 Å². The summed E-state index contributed by atoms with van der Waals surface area (Å²) in [4.78, 5) is 15.2. The third-order valence-electron chi connectivity index (χ3n) is 4.08. The molecule has 0 aliphatic heterocycles. The molecule has 0 fully saturated rings. The van der Waals surface area contributed by atoms with Gasteiger partial charge in [-0.3, -0.25) is 0 Å². The monoisotopic (exact) mass is 360 g/mol. The second kappa shape index (κ2) is 7.64. The van der Waals surface area contributed by atoms with Gasteiger partial charge in [0.15, 0.2) is 0 Å². The van der Waals surface area contributed by atoms with Crippen LogP contribution in [0.25, 0.3) is 17.2 Å². The highest BCUT2D eigenvalue weighted by molar-refractivity contribution is 5.92. The van der Waals surface area contributed by atoms with Crippen molar-refractivity contribution in [2.45, 2.75) is 40.7 Å². The molecule has 1 aromatic heterocycles. The molecule has 0 saturated carbocycles. The normalized spacial score (nSPS) is 11.8. The molecule has 0 unspecified atom stereocenters. The molecular weight excluding hydrogens is 338 g/mol. The molecule has 1 aromatic carbocycles. The number of rotatable bonds is 5. The molecule has 2 aromatic rings. The summed E-state index contributed by atoms with van der Waals surface area (Å²) in [5.74, 6) is -1.75. The van der Waals surface area contributed by atoms with Gasteiger partial charge in [-0.05, 0) is 64.0 Å². The fraction of sp³-hybridized carbons (Fsp3) is 0.300. The van der Waals surface area contributed by atoms with Gasteiger partial charge in [0.1, 0.15) is 17.5 Å². The molecule has 2 rings (SSSR count). The Labute approximate surface area is 151 Å². The van der Waals surface area contributed by atoms with E-state index >= 15 is 0 Å². The van der Waals surface area contributed by atoms with Gasteiger partial charge in [0.05, 0.1) is 0 Å². The third kappa shape index (κ3) is 3.90. The molecule has 2 N–H and O–H groups in total. The SMILES string of the molecule is CC(=Cc1c(C)c(F)c(-c2ccc(NC(C)C)nc2)c(C)c1F)C(=O)O. The second-order valence-electron chi connectivity index (χ2n) is 6.53. The van der Waals surface area contributed by atoms with Crippen molar-refractivity contribution in [2.75, 3.05) is 5.32 Å². The summed E-state index contributed by atoms with van der Waals surface area (Å²) in [6.07, 6.45) is 2.65. The van der Waals surface area contributed by atoms with Crippen molar-refractivity contribution in [3.8, 4) is 11.1 Å². The molecule has 0 radical (unpaired) electrons. The van der Waals surface area contributed by atoms with Crippen molar-refractivity contribution in [1.82, 2.24) is 4.98 Å². The largest absolute Gasteiger partial charge is 0.478 e. The van der Waals surface area contributed by atoms with Crippen LogP contribution in [0.1, 0.15) is 37.5 Å². The molecule has 0 atom stereocenters. The standard InChI is InChI=1S/C20H22F2N2O2/c1-10(2)24-16-7-6-14(9-23-16)17-13(5)18(21)15(12(4)19(17)22)8-11(3)20(25)26/h6-10H,1-5H3,(H,23,24)(H,25,26). The minimum Gasteiger partial charge on any atom is -0.478 e. The number of carboxylic acids is 1. The summed E-state index contributed by atoms with van der Waals surface area (Å²) < 4.78 is 29.8. The van der Waals surface area contributed by atoms with Gasteiger partial charge >= 0.3 is 5.97 Å². The molecule has 0 amide bonds. The van der Waals surface area contributed by atoms with E-state index in [0.29, 0.717) is 11.4 Å². The number of halogens is 2. The van der Waals surface area contributed by atoms with Crippen molar-refractivity contribution in [2.24, 2.45) is 0 Å². The predicted molar refractivity (Wildman–Crippen MR) is 99.1 cm³/mol. The molecule has 4 nitrogen and oxygen atoms in total. The Morgan fingerprint density at radius 3 is 2.35 bits per heavy atom. The minimum atomic E-state index is -1.18. The molecule has 138 valence electrons. The molecule has 0 aliphatic rings. The van der Waals surface area contributed by atoms with Gasteiger partial charge in [-0.1, -0.05) is 0 Å². The maximum atomic E-state index is 15.0. The molecule has 0 saturated heterocycles. The fourth-order valence-corrected chi connectivity index (χ4v) is 2.66. The summed E-state index contributed by atoms with van der Waals surface area (Å²) in [5.41, 5.74) is 0.659. The van der Waals surface area contributed by atoms with E-state index in [9.17, 15) is 13.6 Å². The number of carboxylic acid groups (broad SMARTS) is 1. The molecule has 0 aliphatic carbocycles. The maximum Gasteiger partial charge on any atom is 0.331 e. The number of pyridine rings is 1. The molecular formula is C20H22F2N2O2. The first-order valence-corrected chi connectivity index (χ1v) is 8.26. The van der Waals surface area contributed by atoms with Gasteiger partial charge in [-0.15, -0.1) is 0 Å². The van der Waals surface area contributed by atoms with Crippen molar-refractivity contribution >= 4 is 17.9 Å². The topological polar surface area (TPSA) is 62.2 Å². The quantitative estimate of drug-likeness (QED) is 0.741. The molecule has 0 spiro atoms. The van der Waals surface area contributed by atoms with Crippen LogP contribution in [-0.4, -0.2) is 22.1 Å². The van der Waals surface area contributed by atoms with Crippen LogP contribution in [0.3, 0.4) is 0 Å². The average molecular weight is 360 g/mol. The van der Waals surface area contributed by atoms with Crippen LogP contribution in [-0.2, 0) is 4.79 Å². The van der Waals surface area contributed by atoms with Crippen LogP contribution in [0.15, 0.2) is 23.9 Å². The lowest BCUT2D eigenvalue weighted by molar-refractivity contribution is -0.132. The minimum absolute atomic E-state index is 0.0466. The molecule has 26 heavy (non-hydrogen) atoms. The summed E-state index contributed by atoms with van der Waals surface area (Å²) in [6.45, 7) is 8.20. The predicted octanol–water partition coefficient (Wildman–Crippen LogP) is 4.95. The zero-order valence-corrected chi connectivity index (χ0v) is 15.4. The first-order valence-electron chi connectivity index (χ1n) is 8.26. The van der Waals surface area contributed by atoms with E-state index in [0.717, 1.165) is 6.08 Å². The van der Waals surface area contributed by atoms with Crippen molar-refractivity contribution in [1.29, 1.82) is 0 Å². The van der Waals surface area contributed by atoms with Crippen LogP contribution < -0.4 is 5.32 Å². The highest BCUT2D eigenvalue weighted by Crippen LogP contribution is 2.34. The highest BCUT2D eigenvalue weighted by Gasteiger charge is 2.21. The van der Waals surface area contributed by atoms with Crippen LogP contribution in [0, 0.1) is 25.5 Å². The number of benzene rings is 1. The number of carbonyl (C=O) groups is 1. The second-order valence-corrected chi connectivity index (χ2v) is 6.53. The molecule has 0 bridgehead atoms. The smallest absolute Gasteiger partial charge is 0.331 e. The number of aliphatic carboxylic acids is 1. The third-order valence-corrected chi connectivity index (χ3v) is 4.08. The van der Waals surface area contributed by atoms with E-state index in [2.05, 4.69) is 10.3 Å². The van der Waals surface area contributed by atoms with E-state index in [-0.39, 0.29) is 33.9 Å². The summed E-state index contributed by atoms with van der Waals surface area (Å²) in [7, 11) is 0. The van der Waals surface area contributed by atoms with Crippen molar-refractivity contribution in [3.63, 3.8) is 0 Å². The average Bonchev–Trinajstić information content (AvgIpc) is 2.58. The van der Waals surface area contributed by atoms with Gasteiger partial charge in [0.2, 0.25) is 0 Å². The lowest BCUT2D eigenvalue weighted by Gasteiger charge is -2.15. The fourth-order valence-electron chi connectivity index (χ4n) is 2.66. The zero-order valence-electron chi connectivity index (χ0n) is 15.4. The van der Waals surface area contributed by atoms with Gasteiger partial charge in [-0.2, -0.15) is 0 Å². The zero-order chi connectivity index (χ0) is 19.6. The first-order chi connectivity index (χ1) is 12.1. The lowest BCUT2D eigenvalue weighted by atomic mass is 9.93. The maximum absolute atomic E-state index is 15.0. The van der Waals surface area contributed by atoms with Crippen molar-refractivity contribution < 1.29 is 18.7 Å². The highest BCUT2D eigenvalue weighted by atomic mass is 19.1. The van der Waals surface area contributed by atoms with E-state index in [4.69, 9.17) is 5.11 Å². The number of hydrogen-bond donors (Lipinski definition) is 2. The van der Waals surface area contributed by atoms with Crippen LogP contribution in [0.4, 0.5) is 14.6 Å². The van der Waals surface area contributed by atoms with Gasteiger partial charge < -0.3 is 10.4 Å². The Hall–Kier alpha value is -2.76. The lowest BCUT2D eigenvalue weighted by Crippen LogP contribution is -2.10. The first kappa shape index (κ1) is 19.6. The van der Waals surface area contributed by atoms with E-state index in [1.54, 1.807) is 12.1 Å².